The Hall–Kier alpha value is -2.11. The van der Waals surface area contributed by atoms with Crippen LogP contribution in [0.25, 0.3) is 10.9 Å². The third-order valence-corrected chi connectivity index (χ3v) is 6.99. The normalized spacial score (nSPS) is 12.0. The van der Waals surface area contributed by atoms with Gasteiger partial charge in [0, 0.05) is 23.1 Å². The Morgan fingerprint density at radius 1 is 0.962 bits per heavy atom. The van der Waals surface area contributed by atoms with Crippen LogP contribution in [-0.2, 0) is 16.4 Å². The molecular weight excluding hydrogens is 344 g/mol. The van der Waals surface area contributed by atoms with E-state index < -0.39 is 10.0 Å². The van der Waals surface area contributed by atoms with Crippen molar-refractivity contribution in [2.24, 2.45) is 0 Å². The molecule has 2 N–H and O–H groups in total. The van der Waals surface area contributed by atoms with Crippen LogP contribution in [0.2, 0.25) is 0 Å². The number of rotatable bonds is 5. The van der Waals surface area contributed by atoms with Gasteiger partial charge >= 0.3 is 0 Å². The minimum atomic E-state index is -3.55. The van der Waals surface area contributed by atoms with Gasteiger partial charge in [0.05, 0.1) is 4.90 Å². The molecule has 1 aromatic heterocycles. The number of fused-ring (bicyclic) bond motifs is 1. The zero-order chi connectivity index (χ0) is 19.1. The summed E-state index contributed by atoms with van der Waals surface area (Å²) in [5.74, 6) is 0. The van der Waals surface area contributed by atoms with Crippen LogP contribution in [0.1, 0.15) is 33.5 Å². The van der Waals surface area contributed by atoms with Gasteiger partial charge in [-0.1, -0.05) is 24.3 Å². The molecule has 0 bridgehead atoms. The number of aromatic nitrogens is 1. The predicted octanol–water partition coefficient (Wildman–Crippen LogP) is 4.23. The lowest BCUT2D eigenvalue weighted by Crippen LogP contribution is -2.28. The molecule has 26 heavy (non-hydrogen) atoms. The van der Waals surface area contributed by atoms with Crippen LogP contribution in [0.5, 0.6) is 0 Å². The molecule has 0 radical (unpaired) electrons. The largest absolute Gasteiger partial charge is 0.358 e. The molecule has 0 atom stereocenters. The van der Waals surface area contributed by atoms with Crippen molar-refractivity contribution in [3.8, 4) is 0 Å². The highest BCUT2D eigenvalue weighted by Gasteiger charge is 2.22. The van der Waals surface area contributed by atoms with Crippen molar-refractivity contribution < 1.29 is 8.42 Å². The summed E-state index contributed by atoms with van der Waals surface area (Å²) in [6.45, 7) is 10.1. The van der Waals surface area contributed by atoms with Crippen molar-refractivity contribution in [3.05, 3.63) is 63.8 Å². The summed E-state index contributed by atoms with van der Waals surface area (Å²) in [6.07, 6.45) is 0.651. The van der Waals surface area contributed by atoms with Crippen molar-refractivity contribution in [1.29, 1.82) is 0 Å². The topological polar surface area (TPSA) is 62.0 Å². The average molecular weight is 371 g/mol. The van der Waals surface area contributed by atoms with E-state index >= 15 is 0 Å². The van der Waals surface area contributed by atoms with Gasteiger partial charge in [0.2, 0.25) is 10.0 Å². The van der Waals surface area contributed by atoms with E-state index in [9.17, 15) is 8.42 Å². The monoisotopic (exact) mass is 370 g/mol. The standard InChI is InChI=1S/C21H26N2O2S/c1-13-12-14(2)16(4)21(15(13)3)26(24,25)22-11-10-18-17(5)23-20-9-7-6-8-19(18)20/h6-9,12,22-23H,10-11H2,1-5H3. The number of para-hydroxylation sites is 1. The molecule has 0 aliphatic carbocycles. The SMILES string of the molecule is Cc1cc(C)c(C)c(S(=O)(=O)NCCc2c(C)[nH]c3ccccc23)c1C. The van der Waals surface area contributed by atoms with Crippen molar-refractivity contribution in [3.63, 3.8) is 0 Å². The van der Waals surface area contributed by atoms with Gasteiger partial charge in [0.15, 0.2) is 0 Å². The number of hydrogen-bond donors (Lipinski definition) is 2. The zero-order valence-corrected chi connectivity index (χ0v) is 16.8. The number of aryl methyl sites for hydroxylation is 3. The van der Waals surface area contributed by atoms with Crippen LogP contribution in [0.3, 0.4) is 0 Å². The Labute approximate surface area is 155 Å². The Morgan fingerprint density at radius 2 is 1.58 bits per heavy atom. The molecule has 0 fully saturated rings. The maximum Gasteiger partial charge on any atom is 0.241 e. The van der Waals surface area contributed by atoms with Crippen molar-refractivity contribution in [2.45, 2.75) is 45.9 Å². The van der Waals surface area contributed by atoms with Gasteiger partial charge in [0.1, 0.15) is 0 Å². The van der Waals surface area contributed by atoms with Crippen LogP contribution in [0.15, 0.2) is 35.2 Å². The first-order chi connectivity index (χ1) is 12.2. The Morgan fingerprint density at radius 3 is 2.23 bits per heavy atom. The van der Waals surface area contributed by atoms with Gasteiger partial charge in [-0.05, 0) is 74.9 Å². The molecule has 0 aliphatic heterocycles. The number of aromatic amines is 1. The fourth-order valence-corrected chi connectivity index (χ4v) is 5.27. The molecule has 5 heteroatoms. The second-order valence-corrected chi connectivity index (χ2v) is 8.72. The van der Waals surface area contributed by atoms with Crippen LogP contribution in [0, 0.1) is 34.6 Å². The van der Waals surface area contributed by atoms with Gasteiger partial charge in [-0.2, -0.15) is 0 Å². The van der Waals surface area contributed by atoms with Crippen LogP contribution < -0.4 is 4.72 Å². The van der Waals surface area contributed by atoms with Gasteiger partial charge in [0.25, 0.3) is 0 Å². The van der Waals surface area contributed by atoms with E-state index in [-0.39, 0.29) is 0 Å². The highest BCUT2D eigenvalue weighted by Crippen LogP contribution is 2.26. The summed E-state index contributed by atoms with van der Waals surface area (Å²) < 4.78 is 28.7. The smallest absolute Gasteiger partial charge is 0.241 e. The predicted molar refractivity (Wildman–Crippen MR) is 107 cm³/mol. The van der Waals surface area contributed by atoms with Crippen LogP contribution in [0.4, 0.5) is 0 Å². The summed E-state index contributed by atoms with van der Waals surface area (Å²) in [5.41, 5.74) is 6.99. The molecule has 3 aromatic rings. The molecule has 0 aliphatic rings. The third-order valence-electron chi connectivity index (χ3n) is 5.26. The van der Waals surface area contributed by atoms with Crippen molar-refractivity contribution in [2.75, 3.05) is 6.54 Å². The molecule has 4 nitrogen and oxygen atoms in total. The quantitative estimate of drug-likeness (QED) is 0.706. The Bertz CT molecular complexity index is 1050. The van der Waals surface area contributed by atoms with E-state index in [4.69, 9.17) is 0 Å². The lowest BCUT2D eigenvalue weighted by molar-refractivity contribution is 0.580. The first-order valence-corrected chi connectivity index (χ1v) is 10.3. The molecule has 0 amide bonds. The maximum atomic E-state index is 12.9. The Kier molecular flexibility index (Phi) is 4.95. The lowest BCUT2D eigenvalue weighted by Gasteiger charge is -2.16. The van der Waals surface area contributed by atoms with E-state index in [1.807, 2.05) is 58.9 Å². The first-order valence-electron chi connectivity index (χ1n) is 8.85. The van der Waals surface area contributed by atoms with Gasteiger partial charge in [-0.15, -0.1) is 0 Å². The molecule has 0 saturated heterocycles. The lowest BCUT2D eigenvalue weighted by atomic mass is 10.0. The fraction of sp³-hybridized carbons (Fsp3) is 0.333. The van der Waals surface area contributed by atoms with Gasteiger partial charge < -0.3 is 4.98 Å². The summed E-state index contributed by atoms with van der Waals surface area (Å²) >= 11 is 0. The summed E-state index contributed by atoms with van der Waals surface area (Å²) in [7, 11) is -3.55. The van der Waals surface area contributed by atoms with Crippen LogP contribution in [-0.4, -0.2) is 19.9 Å². The summed E-state index contributed by atoms with van der Waals surface area (Å²) in [4.78, 5) is 3.78. The average Bonchev–Trinajstić information content (AvgIpc) is 2.89. The molecule has 0 saturated carbocycles. The molecule has 138 valence electrons. The van der Waals surface area contributed by atoms with E-state index in [1.54, 1.807) is 0 Å². The number of sulfonamides is 1. The highest BCUT2D eigenvalue weighted by molar-refractivity contribution is 7.89. The molecule has 3 rings (SSSR count). The minimum absolute atomic E-state index is 0.372. The summed E-state index contributed by atoms with van der Waals surface area (Å²) in [5, 5.41) is 1.16. The van der Waals surface area contributed by atoms with Crippen molar-refractivity contribution >= 4 is 20.9 Å². The fourth-order valence-electron chi connectivity index (χ4n) is 3.62. The van der Waals surface area contributed by atoms with Gasteiger partial charge in [-0.3, -0.25) is 0 Å². The highest BCUT2D eigenvalue weighted by atomic mass is 32.2. The molecule has 0 spiro atoms. The second kappa shape index (κ2) is 6.89. The van der Waals surface area contributed by atoms with Gasteiger partial charge in [-0.25, -0.2) is 13.1 Å². The molecular formula is C21H26N2O2S. The number of nitrogens with one attached hydrogen (secondary N) is 2. The maximum absolute atomic E-state index is 12.9. The van der Waals surface area contributed by atoms with E-state index in [0.29, 0.717) is 17.9 Å². The first kappa shape index (κ1) is 18.7. The summed E-state index contributed by atoms with van der Waals surface area (Å²) in [6, 6.07) is 10.2. The molecule has 1 heterocycles. The van der Waals surface area contributed by atoms with E-state index in [1.165, 1.54) is 0 Å². The van der Waals surface area contributed by atoms with Crippen LogP contribution >= 0.6 is 0 Å². The zero-order valence-electron chi connectivity index (χ0n) is 16.0. The second-order valence-electron chi connectivity index (χ2n) is 7.01. The van der Waals surface area contributed by atoms with Crippen molar-refractivity contribution in [1.82, 2.24) is 9.71 Å². The Balaban J connectivity index is 1.85. The number of hydrogen-bond acceptors (Lipinski definition) is 2. The number of H-pyrrole nitrogens is 1. The third kappa shape index (κ3) is 3.29. The number of benzene rings is 2. The minimum Gasteiger partial charge on any atom is -0.358 e. The van der Waals surface area contributed by atoms with E-state index in [2.05, 4.69) is 15.8 Å². The van der Waals surface area contributed by atoms with E-state index in [0.717, 1.165) is 44.4 Å². The molecule has 0 unspecified atom stereocenters. The molecule has 2 aromatic carbocycles.